The van der Waals surface area contributed by atoms with E-state index >= 15 is 0 Å². The number of esters is 2. The lowest BCUT2D eigenvalue weighted by atomic mass is 10.2. The van der Waals surface area contributed by atoms with Crippen LogP contribution in [-0.2, 0) is 19.1 Å². The second-order valence-electron chi connectivity index (χ2n) is 3.52. The van der Waals surface area contributed by atoms with Gasteiger partial charge in [-0.25, -0.2) is 9.59 Å². The van der Waals surface area contributed by atoms with Gasteiger partial charge in [0.1, 0.15) is 11.4 Å². The molecule has 1 N–H and O–H groups in total. The molecule has 1 aromatic rings. The van der Waals surface area contributed by atoms with Gasteiger partial charge >= 0.3 is 11.9 Å². The Morgan fingerprint density at radius 1 is 1.20 bits per heavy atom. The third-order valence-corrected chi connectivity index (χ3v) is 3.14. The molecular weight excluding hydrogens is 330 g/mol. The fraction of sp³-hybridized carbons (Fsp3) is 0.231. The lowest BCUT2D eigenvalue weighted by Gasteiger charge is -2.12. The summed E-state index contributed by atoms with van der Waals surface area (Å²) in [7, 11) is 3.96. The maximum atomic E-state index is 11.6. The molecule has 0 amide bonds. The molecule has 0 unspecified atom stereocenters. The van der Waals surface area contributed by atoms with Crippen LogP contribution in [0.1, 0.15) is 0 Å². The number of nitrogens with one attached hydrogen (secondary N) is 1. The number of hydrogen-bond donors (Lipinski definition) is 1. The Hall–Kier alpha value is -2.02. The molecule has 0 aromatic heterocycles. The maximum absolute atomic E-state index is 11.6. The summed E-state index contributed by atoms with van der Waals surface area (Å²) in [6.45, 7) is 0. The predicted molar refractivity (Wildman–Crippen MR) is 76.4 cm³/mol. The number of rotatable bonds is 5. The average Bonchev–Trinajstić information content (AvgIpc) is 2.47. The SMILES string of the molecule is COC(=O)/C=C(/Nc1cccc(OC)c1Br)C(=O)OC. The quantitative estimate of drug-likeness (QED) is 0.651. The van der Waals surface area contributed by atoms with Crippen LogP contribution in [0.4, 0.5) is 5.69 Å². The smallest absolute Gasteiger partial charge is 0.354 e. The summed E-state index contributed by atoms with van der Waals surface area (Å²) in [4.78, 5) is 22.9. The molecule has 0 heterocycles. The molecule has 0 fully saturated rings. The van der Waals surface area contributed by atoms with Gasteiger partial charge in [0.2, 0.25) is 0 Å². The number of anilines is 1. The molecule has 0 saturated carbocycles. The van der Waals surface area contributed by atoms with Crippen molar-refractivity contribution in [2.75, 3.05) is 26.6 Å². The zero-order valence-electron chi connectivity index (χ0n) is 11.2. The molecule has 0 aliphatic heterocycles. The fourth-order valence-electron chi connectivity index (χ4n) is 1.34. The van der Waals surface area contributed by atoms with Crippen LogP contribution in [0.5, 0.6) is 5.75 Å². The Labute approximate surface area is 124 Å². The van der Waals surface area contributed by atoms with Crippen molar-refractivity contribution >= 4 is 33.6 Å². The predicted octanol–water partition coefficient (Wildman–Crippen LogP) is 2.10. The highest BCUT2D eigenvalue weighted by molar-refractivity contribution is 9.10. The first-order valence-electron chi connectivity index (χ1n) is 5.51. The van der Waals surface area contributed by atoms with E-state index < -0.39 is 11.9 Å². The third-order valence-electron chi connectivity index (χ3n) is 2.32. The molecule has 7 heteroatoms. The van der Waals surface area contributed by atoms with Crippen LogP contribution in [0.15, 0.2) is 34.4 Å². The van der Waals surface area contributed by atoms with E-state index in [-0.39, 0.29) is 5.70 Å². The van der Waals surface area contributed by atoms with Crippen LogP contribution >= 0.6 is 15.9 Å². The molecule has 1 aromatic carbocycles. The van der Waals surface area contributed by atoms with E-state index in [2.05, 4.69) is 30.7 Å². The van der Waals surface area contributed by atoms with Crippen LogP contribution in [0.25, 0.3) is 0 Å². The van der Waals surface area contributed by atoms with Crippen LogP contribution < -0.4 is 10.1 Å². The number of halogens is 1. The zero-order valence-corrected chi connectivity index (χ0v) is 12.8. The van der Waals surface area contributed by atoms with Crippen molar-refractivity contribution in [1.82, 2.24) is 0 Å². The number of carbonyl (C=O) groups excluding carboxylic acids is 2. The number of carbonyl (C=O) groups is 2. The monoisotopic (exact) mass is 343 g/mol. The molecule has 0 aliphatic rings. The second kappa shape index (κ2) is 7.54. The number of methoxy groups -OCH3 is 3. The van der Waals surface area contributed by atoms with Gasteiger partial charge in [0.05, 0.1) is 37.6 Å². The normalized spacial score (nSPS) is 10.7. The standard InChI is InChI=1S/C13H14BrNO5/c1-18-10-6-4-5-8(12(10)14)15-9(13(17)20-3)7-11(16)19-2/h4-7,15H,1-3H3/b9-7+. The van der Waals surface area contributed by atoms with Crippen LogP contribution in [0.3, 0.4) is 0 Å². The van der Waals surface area contributed by atoms with Gasteiger partial charge in [0, 0.05) is 0 Å². The van der Waals surface area contributed by atoms with Gasteiger partial charge in [-0.15, -0.1) is 0 Å². The Kier molecular flexibility index (Phi) is 6.05. The minimum atomic E-state index is -0.690. The van der Waals surface area contributed by atoms with Gasteiger partial charge in [-0.1, -0.05) is 6.07 Å². The molecule has 0 spiro atoms. The number of hydrogen-bond acceptors (Lipinski definition) is 6. The first-order valence-corrected chi connectivity index (χ1v) is 6.30. The Morgan fingerprint density at radius 3 is 2.45 bits per heavy atom. The summed E-state index contributed by atoms with van der Waals surface area (Å²) in [6.07, 6.45) is 1.01. The highest BCUT2D eigenvalue weighted by Gasteiger charge is 2.15. The van der Waals surface area contributed by atoms with E-state index in [1.807, 2.05) is 0 Å². The molecule has 0 atom stereocenters. The third kappa shape index (κ3) is 3.99. The van der Waals surface area contributed by atoms with Crippen molar-refractivity contribution in [2.45, 2.75) is 0 Å². The summed E-state index contributed by atoms with van der Waals surface area (Å²) in [5, 5.41) is 2.80. The Bertz CT molecular complexity index is 542. The van der Waals surface area contributed by atoms with Gasteiger partial charge < -0.3 is 19.5 Å². The van der Waals surface area contributed by atoms with Gasteiger partial charge in [-0.3, -0.25) is 0 Å². The van der Waals surface area contributed by atoms with Gasteiger partial charge in [0.25, 0.3) is 0 Å². The maximum Gasteiger partial charge on any atom is 0.354 e. The van der Waals surface area contributed by atoms with E-state index in [0.717, 1.165) is 6.08 Å². The highest BCUT2D eigenvalue weighted by Crippen LogP contribution is 2.32. The van der Waals surface area contributed by atoms with Crippen molar-refractivity contribution in [3.63, 3.8) is 0 Å². The topological polar surface area (TPSA) is 73.9 Å². The van der Waals surface area contributed by atoms with E-state index in [1.165, 1.54) is 21.3 Å². The molecule has 6 nitrogen and oxygen atoms in total. The molecule has 0 bridgehead atoms. The first kappa shape index (κ1) is 16.0. The molecule has 108 valence electrons. The van der Waals surface area contributed by atoms with E-state index in [0.29, 0.717) is 15.9 Å². The lowest BCUT2D eigenvalue weighted by molar-refractivity contribution is -0.138. The molecule has 20 heavy (non-hydrogen) atoms. The molecule has 0 aliphatic carbocycles. The molecular formula is C13H14BrNO5. The summed E-state index contributed by atoms with van der Waals surface area (Å²) in [5.74, 6) is -0.778. The highest BCUT2D eigenvalue weighted by atomic mass is 79.9. The van der Waals surface area contributed by atoms with Crippen molar-refractivity contribution in [3.05, 3.63) is 34.4 Å². The molecule has 1 rings (SSSR count). The summed E-state index contributed by atoms with van der Waals surface area (Å²) in [5.41, 5.74) is 0.498. The van der Waals surface area contributed by atoms with Crippen LogP contribution in [0, 0.1) is 0 Å². The Balaban J connectivity index is 3.11. The average molecular weight is 344 g/mol. The van der Waals surface area contributed by atoms with Gasteiger partial charge in [0.15, 0.2) is 0 Å². The summed E-state index contributed by atoms with van der Waals surface area (Å²) < 4.78 is 14.8. The number of ether oxygens (including phenoxy) is 3. The zero-order chi connectivity index (χ0) is 15.1. The van der Waals surface area contributed by atoms with Crippen LogP contribution in [-0.4, -0.2) is 33.3 Å². The van der Waals surface area contributed by atoms with E-state index in [4.69, 9.17) is 4.74 Å². The minimum absolute atomic E-state index is 0.0479. The van der Waals surface area contributed by atoms with Crippen LogP contribution in [0.2, 0.25) is 0 Å². The number of benzene rings is 1. The largest absolute Gasteiger partial charge is 0.495 e. The second-order valence-corrected chi connectivity index (χ2v) is 4.31. The summed E-state index contributed by atoms with van der Waals surface area (Å²) >= 11 is 3.34. The van der Waals surface area contributed by atoms with Crippen molar-refractivity contribution < 1.29 is 23.8 Å². The van der Waals surface area contributed by atoms with E-state index in [1.54, 1.807) is 18.2 Å². The van der Waals surface area contributed by atoms with E-state index in [9.17, 15) is 9.59 Å². The first-order chi connectivity index (χ1) is 9.53. The Morgan fingerprint density at radius 2 is 1.90 bits per heavy atom. The minimum Gasteiger partial charge on any atom is -0.495 e. The van der Waals surface area contributed by atoms with Gasteiger partial charge in [-0.2, -0.15) is 0 Å². The lowest BCUT2D eigenvalue weighted by Crippen LogP contribution is -2.15. The van der Waals surface area contributed by atoms with Crippen molar-refractivity contribution in [1.29, 1.82) is 0 Å². The van der Waals surface area contributed by atoms with Gasteiger partial charge in [-0.05, 0) is 28.1 Å². The fourth-order valence-corrected chi connectivity index (χ4v) is 1.87. The van der Waals surface area contributed by atoms with Crippen molar-refractivity contribution in [2.24, 2.45) is 0 Å². The van der Waals surface area contributed by atoms with Crippen molar-refractivity contribution in [3.8, 4) is 5.75 Å². The molecule has 0 radical (unpaired) electrons. The summed E-state index contributed by atoms with van der Waals surface area (Å²) in [6, 6.07) is 5.19. The molecule has 0 saturated heterocycles.